The van der Waals surface area contributed by atoms with Gasteiger partial charge in [-0.3, -0.25) is 4.79 Å². The second-order valence-corrected chi connectivity index (χ2v) is 1.59. The summed E-state index contributed by atoms with van der Waals surface area (Å²) in [6.45, 7) is 0.479. The molecule has 0 bridgehead atoms. The predicted molar refractivity (Wildman–Crippen MR) is 22.2 cm³/mol. The lowest BCUT2D eigenvalue weighted by Crippen LogP contribution is -2.47. The van der Waals surface area contributed by atoms with E-state index in [2.05, 4.69) is 0 Å². The van der Waals surface area contributed by atoms with Gasteiger partial charge in [0, 0.05) is 0 Å². The van der Waals surface area contributed by atoms with Crippen LogP contribution >= 0.6 is 0 Å². The molecular formula is C4H5FNO. The fourth-order valence-corrected chi connectivity index (χ4v) is 0.499. The van der Waals surface area contributed by atoms with Crippen LogP contribution < -0.4 is 0 Å². The molecule has 0 aromatic carbocycles. The van der Waals surface area contributed by atoms with Gasteiger partial charge in [0.1, 0.15) is 6.17 Å². The molecule has 3 heteroatoms. The van der Waals surface area contributed by atoms with Crippen LogP contribution in [0.25, 0.3) is 0 Å². The molecular weight excluding hydrogens is 97.0 g/mol. The lowest BCUT2D eigenvalue weighted by Gasteiger charge is -2.28. The van der Waals surface area contributed by atoms with Crippen LogP contribution in [0.5, 0.6) is 0 Å². The molecule has 1 aliphatic heterocycles. The number of likely N-dealkylation sites (tertiary alicyclic amines) is 1. The number of amides is 1. The maximum absolute atomic E-state index is 11.7. The molecule has 1 saturated heterocycles. The van der Waals surface area contributed by atoms with Crippen LogP contribution in [0.3, 0.4) is 0 Å². The van der Waals surface area contributed by atoms with E-state index in [1.54, 1.807) is 6.41 Å². The highest BCUT2D eigenvalue weighted by Crippen LogP contribution is 2.06. The summed E-state index contributed by atoms with van der Waals surface area (Å²) in [7, 11) is 0. The van der Waals surface area contributed by atoms with E-state index < -0.39 is 6.17 Å². The van der Waals surface area contributed by atoms with Gasteiger partial charge in [-0.05, 0) is 0 Å². The van der Waals surface area contributed by atoms with E-state index in [-0.39, 0.29) is 13.1 Å². The Labute approximate surface area is 40.9 Å². The van der Waals surface area contributed by atoms with Crippen molar-refractivity contribution in [1.82, 2.24) is 4.90 Å². The van der Waals surface area contributed by atoms with Crippen molar-refractivity contribution >= 4 is 6.41 Å². The van der Waals surface area contributed by atoms with Gasteiger partial charge in [-0.25, -0.2) is 4.39 Å². The minimum Gasteiger partial charge on any atom is -0.328 e. The summed E-state index contributed by atoms with van der Waals surface area (Å²) in [4.78, 5) is 10.8. The topological polar surface area (TPSA) is 20.3 Å². The van der Waals surface area contributed by atoms with E-state index in [4.69, 9.17) is 0 Å². The molecule has 1 amide bonds. The molecule has 0 aliphatic carbocycles. The number of alkyl halides is 1. The lowest BCUT2D eigenvalue weighted by molar-refractivity contribution is 0.127. The standard InChI is InChI=1S/C4H5FNO/c5-4-1-6(2-4)3-7/h4H,1-2H2. The number of hydrogen-bond acceptors (Lipinski definition) is 1. The van der Waals surface area contributed by atoms with Crippen LogP contribution in [0.15, 0.2) is 0 Å². The zero-order valence-corrected chi connectivity index (χ0v) is 3.72. The van der Waals surface area contributed by atoms with Crippen molar-refractivity contribution in [3.63, 3.8) is 0 Å². The minimum absolute atomic E-state index is 0.240. The van der Waals surface area contributed by atoms with Gasteiger partial charge >= 0.3 is 6.41 Å². The Balaban J connectivity index is 2.17. The van der Waals surface area contributed by atoms with Gasteiger partial charge in [-0.2, -0.15) is 0 Å². The molecule has 39 valence electrons. The summed E-state index contributed by atoms with van der Waals surface area (Å²) >= 11 is 0. The Morgan fingerprint density at radius 3 is 2.43 bits per heavy atom. The molecule has 0 saturated carbocycles. The summed E-state index contributed by atoms with van der Waals surface area (Å²) in [6, 6.07) is 0. The number of halogens is 1. The fraction of sp³-hybridized carbons (Fsp3) is 0.750. The molecule has 0 aromatic rings. The molecule has 7 heavy (non-hydrogen) atoms. The summed E-state index contributed by atoms with van der Waals surface area (Å²) in [5, 5.41) is 0. The van der Waals surface area contributed by atoms with Crippen molar-refractivity contribution in [2.45, 2.75) is 6.17 Å². The first-order valence-electron chi connectivity index (χ1n) is 2.09. The Hall–Kier alpha value is -0.600. The molecule has 0 spiro atoms. The quantitative estimate of drug-likeness (QED) is 0.445. The van der Waals surface area contributed by atoms with Gasteiger partial charge in [-0.1, -0.05) is 0 Å². The van der Waals surface area contributed by atoms with Crippen LogP contribution in [-0.4, -0.2) is 30.6 Å². The molecule has 0 atom stereocenters. The summed E-state index contributed by atoms with van der Waals surface area (Å²) in [5.74, 6) is 0. The molecule has 0 aromatic heterocycles. The highest BCUT2D eigenvalue weighted by molar-refractivity contribution is 5.49. The molecule has 1 rings (SSSR count). The monoisotopic (exact) mass is 102 g/mol. The third-order valence-corrected chi connectivity index (χ3v) is 0.966. The molecule has 1 radical (unpaired) electrons. The van der Waals surface area contributed by atoms with Crippen molar-refractivity contribution in [3.8, 4) is 0 Å². The molecule has 0 N–H and O–H groups in total. The molecule has 1 fully saturated rings. The summed E-state index contributed by atoms with van der Waals surface area (Å²) < 4.78 is 11.7. The van der Waals surface area contributed by atoms with Crippen molar-refractivity contribution in [2.75, 3.05) is 13.1 Å². The summed E-state index contributed by atoms with van der Waals surface area (Å²) in [6.07, 6.45) is 0.785. The van der Waals surface area contributed by atoms with Gasteiger partial charge in [0.25, 0.3) is 0 Å². The number of rotatable bonds is 1. The largest absolute Gasteiger partial charge is 0.328 e. The van der Waals surface area contributed by atoms with Crippen LogP contribution in [0.2, 0.25) is 0 Å². The second kappa shape index (κ2) is 1.48. The number of hydrogen-bond donors (Lipinski definition) is 0. The maximum atomic E-state index is 11.7. The van der Waals surface area contributed by atoms with Crippen LogP contribution in [-0.2, 0) is 4.79 Å². The molecule has 1 heterocycles. The first-order chi connectivity index (χ1) is 3.33. The molecule has 1 aliphatic rings. The first-order valence-corrected chi connectivity index (χ1v) is 2.09. The number of nitrogens with zero attached hydrogens (tertiary/aromatic N) is 1. The Morgan fingerprint density at radius 2 is 2.29 bits per heavy atom. The average molecular weight is 102 g/mol. The van der Waals surface area contributed by atoms with Gasteiger partial charge < -0.3 is 4.90 Å². The van der Waals surface area contributed by atoms with E-state index in [9.17, 15) is 9.18 Å². The molecule has 2 nitrogen and oxygen atoms in total. The van der Waals surface area contributed by atoms with E-state index >= 15 is 0 Å². The summed E-state index contributed by atoms with van der Waals surface area (Å²) in [5.41, 5.74) is 0. The van der Waals surface area contributed by atoms with Crippen LogP contribution in [0.1, 0.15) is 0 Å². The average Bonchev–Trinajstić information content (AvgIpc) is 1.58. The predicted octanol–water partition coefficient (Wildman–Crippen LogP) is -0.293. The highest BCUT2D eigenvalue weighted by atomic mass is 19.1. The highest BCUT2D eigenvalue weighted by Gasteiger charge is 2.24. The normalized spacial score (nSPS) is 21.6. The van der Waals surface area contributed by atoms with Crippen LogP contribution in [0, 0.1) is 0 Å². The first kappa shape index (κ1) is 4.56. The van der Waals surface area contributed by atoms with Gasteiger partial charge in [-0.15, -0.1) is 0 Å². The Morgan fingerprint density at radius 1 is 1.71 bits per heavy atom. The fourth-order valence-electron chi connectivity index (χ4n) is 0.499. The second-order valence-electron chi connectivity index (χ2n) is 1.59. The SMILES string of the molecule is O=[C]N1CC(F)C1. The van der Waals surface area contributed by atoms with E-state index in [1.807, 2.05) is 0 Å². The van der Waals surface area contributed by atoms with E-state index in [0.717, 1.165) is 0 Å². The smallest absolute Gasteiger partial charge is 0.312 e. The van der Waals surface area contributed by atoms with E-state index in [0.29, 0.717) is 0 Å². The van der Waals surface area contributed by atoms with Gasteiger partial charge in [0.05, 0.1) is 13.1 Å². The van der Waals surface area contributed by atoms with Crippen LogP contribution in [0.4, 0.5) is 4.39 Å². The third-order valence-electron chi connectivity index (χ3n) is 0.966. The van der Waals surface area contributed by atoms with Gasteiger partial charge in [0.2, 0.25) is 0 Å². The Kier molecular flexibility index (Phi) is 0.964. The zero-order chi connectivity index (χ0) is 5.28. The van der Waals surface area contributed by atoms with E-state index in [1.165, 1.54) is 4.90 Å². The van der Waals surface area contributed by atoms with Crippen molar-refractivity contribution in [3.05, 3.63) is 0 Å². The third kappa shape index (κ3) is 0.706. The lowest BCUT2D eigenvalue weighted by atomic mass is 10.2. The Bertz CT molecular complexity index is 79.8. The van der Waals surface area contributed by atoms with Crippen molar-refractivity contribution < 1.29 is 9.18 Å². The minimum atomic E-state index is -0.790. The zero-order valence-electron chi connectivity index (χ0n) is 3.72. The number of carbonyl (C=O) groups excluding carboxylic acids is 1. The molecule has 0 unspecified atom stereocenters. The maximum Gasteiger partial charge on any atom is 0.312 e. The van der Waals surface area contributed by atoms with Crippen molar-refractivity contribution in [1.29, 1.82) is 0 Å². The van der Waals surface area contributed by atoms with Crippen molar-refractivity contribution in [2.24, 2.45) is 0 Å². The van der Waals surface area contributed by atoms with Gasteiger partial charge in [0.15, 0.2) is 0 Å².